The molecule has 204 valence electrons. The number of rotatable bonds is 8. The zero-order valence-corrected chi connectivity index (χ0v) is 21.9. The highest BCUT2D eigenvalue weighted by Gasteiger charge is 2.30. The van der Waals surface area contributed by atoms with Gasteiger partial charge in [-0.05, 0) is 49.7 Å². The molecule has 0 spiro atoms. The Morgan fingerprint density at radius 3 is 2.05 bits per heavy atom. The fourth-order valence-corrected chi connectivity index (χ4v) is 5.50. The molecule has 1 amide bonds. The van der Waals surface area contributed by atoms with Crippen molar-refractivity contribution in [2.45, 2.75) is 18.7 Å². The molecule has 0 radical (unpaired) electrons. The summed E-state index contributed by atoms with van der Waals surface area (Å²) in [6, 6.07) is 12.5. The Kier molecular flexibility index (Phi) is 7.90. The van der Waals surface area contributed by atoms with Gasteiger partial charge in [0, 0.05) is 36.6 Å². The average molecular weight is 556 g/mol. The van der Waals surface area contributed by atoms with Crippen molar-refractivity contribution in [2.24, 2.45) is 0 Å². The Balaban J connectivity index is 1.61. The number of sulfonamides is 1. The highest BCUT2D eigenvalue weighted by atomic mass is 32.2. The molecule has 1 heterocycles. The van der Waals surface area contributed by atoms with Crippen molar-refractivity contribution in [2.75, 3.05) is 36.9 Å². The monoisotopic (exact) mass is 555 g/mol. The van der Waals surface area contributed by atoms with Crippen LogP contribution in [-0.4, -0.2) is 54.8 Å². The van der Waals surface area contributed by atoms with E-state index < -0.39 is 37.2 Å². The van der Waals surface area contributed by atoms with Crippen molar-refractivity contribution in [1.29, 1.82) is 0 Å². The third-order valence-electron chi connectivity index (χ3n) is 6.11. The minimum absolute atomic E-state index is 0.0236. The molecule has 13 nitrogen and oxygen atoms in total. The van der Waals surface area contributed by atoms with Gasteiger partial charge >= 0.3 is 11.4 Å². The van der Waals surface area contributed by atoms with Gasteiger partial charge in [0.2, 0.25) is 10.0 Å². The van der Waals surface area contributed by atoms with Crippen LogP contribution in [0, 0.1) is 34.1 Å². The van der Waals surface area contributed by atoms with Gasteiger partial charge < -0.3 is 15.4 Å². The first-order chi connectivity index (χ1) is 18.5. The molecule has 1 fully saturated rings. The predicted octanol–water partition coefficient (Wildman–Crippen LogP) is 4.14. The van der Waals surface area contributed by atoms with Gasteiger partial charge in [-0.3, -0.25) is 25.0 Å². The number of nitrogens with one attached hydrogen (secondary N) is 2. The summed E-state index contributed by atoms with van der Waals surface area (Å²) in [6.45, 7) is 4.67. The number of carbonyl (C=O) groups excluding carboxylic acids is 1. The van der Waals surface area contributed by atoms with E-state index in [2.05, 4.69) is 10.6 Å². The lowest BCUT2D eigenvalue weighted by Gasteiger charge is -2.26. The SMILES string of the molecule is Cc1ccc(Nc2c([N+](=O)[O-])cc(C(=O)Nc3ccc(S(=O)(=O)N4CCOCC4)cc3)cc2[N+](=O)[O-])c(C)c1. The van der Waals surface area contributed by atoms with E-state index in [9.17, 15) is 33.4 Å². The summed E-state index contributed by atoms with van der Waals surface area (Å²) < 4.78 is 32.1. The fraction of sp³-hybridized carbons (Fsp3) is 0.240. The summed E-state index contributed by atoms with van der Waals surface area (Å²) in [7, 11) is -3.74. The number of anilines is 3. The van der Waals surface area contributed by atoms with Crippen LogP contribution in [0.25, 0.3) is 0 Å². The van der Waals surface area contributed by atoms with E-state index in [0.29, 0.717) is 18.9 Å². The number of carbonyl (C=O) groups is 1. The largest absolute Gasteiger partial charge is 0.379 e. The standard InChI is InChI=1S/C25H25N5O8S/c1-16-3-8-21(17(2)13-16)27-24-22(29(32)33)14-18(15-23(24)30(34)35)25(31)26-19-4-6-20(7-5-19)39(36,37)28-9-11-38-12-10-28/h3-8,13-15,27H,9-12H2,1-2H3,(H,26,31). The van der Waals surface area contributed by atoms with E-state index in [0.717, 1.165) is 23.3 Å². The predicted molar refractivity (Wildman–Crippen MR) is 143 cm³/mol. The number of morpholine rings is 1. The molecule has 0 aromatic heterocycles. The number of hydrogen-bond acceptors (Lipinski definition) is 9. The summed E-state index contributed by atoms with van der Waals surface area (Å²) in [4.78, 5) is 35.1. The van der Waals surface area contributed by atoms with Crippen LogP contribution in [-0.2, 0) is 14.8 Å². The topological polar surface area (TPSA) is 174 Å². The first-order valence-electron chi connectivity index (χ1n) is 11.8. The van der Waals surface area contributed by atoms with Gasteiger partial charge in [0.25, 0.3) is 5.91 Å². The maximum Gasteiger partial charge on any atom is 0.300 e. The van der Waals surface area contributed by atoms with Gasteiger partial charge in [0.15, 0.2) is 5.69 Å². The van der Waals surface area contributed by atoms with Crippen molar-refractivity contribution in [1.82, 2.24) is 4.31 Å². The Hall–Kier alpha value is -4.40. The maximum atomic E-state index is 12.9. The van der Waals surface area contributed by atoms with Crippen molar-refractivity contribution in [3.8, 4) is 0 Å². The van der Waals surface area contributed by atoms with Crippen molar-refractivity contribution >= 4 is 44.4 Å². The zero-order chi connectivity index (χ0) is 28.3. The van der Waals surface area contributed by atoms with Gasteiger partial charge in [0.05, 0.1) is 33.5 Å². The number of nitrogens with zero attached hydrogens (tertiary/aromatic N) is 3. The van der Waals surface area contributed by atoms with E-state index in [1.54, 1.807) is 19.1 Å². The lowest BCUT2D eigenvalue weighted by Crippen LogP contribution is -2.40. The Bertz CT molecular complexity index is 1520. The number of ether oxygens (including phenoxy) is 1. The quantitative estimate of drug-likeness (QED) is 0.306. The molecule has 39 heavy (non-hydrogen) atoms. The normalized spacial score (nSPS) is 14.0. The van der Waals surface area contributed by atoms with Crippen molar-refractivity contribution < 1.29 is 27.8 Å². The molecule has 0 aliphatic carbocycles. The highest BCUT2D eigenvalue weighted by molar-refractivity contribution is 7.89. The summed E-state index contributed by atoms with van der Waals surface area (Å²) >= 11 is 0. The van der Waals surface area contributed by atoms with Crippen molar-refractivity contribution in [3.05, 3.63) is 91.5 Å². The molecule has 0 unspecified atom stereocenters. The second-order valence-electron chi connectivity index (χ2n) is 8.84. The highest BCUT2D eigenvalue weighted by Crippen LogP contribution is 2.38. The van der Waals surface area contributed by atoms with Crippen LogP contribution in [0.5, 0.6) is 0 Å². The maximum absolute atomic E-state index is 12.9. The van der Waals surface area contributed by atoms with Gasteiger partial charge in [-0.1, -0.05) is 17.7 Å². The van der Waals surface area contributed by atoms with Crippen LogP contribution in [0.3, 0.4) is 0 Å². The van der Waals surface area contributed by atoms with Crippen molar-refractivity contribution in [3.63, 3.8) is 0 Å². The number of aryl methyl sites for hydroxylation is 2. The lowest BCUT2D eigenvalue weighted by molar-refractivity contribution is -0.392. The number of nitro benzene ring substituents is 2. The Morgan fingerprint density at radius 2 is 1.51 bits per heavy atom. The second kappa shape index (κ2) is 11.1. The van der Waals surface area contributed by atoms with Crippen LogP contribution in [0.4, 0.5) is 28.4 Å². The van der Waals surface area contributed by atoms with E-state index in [1.165, 1.54) is 28.6 Å². The second-order valence-corrected chi connectivity index (χ2v) is 10.8. The molecule has 1 aliphatic rings. The molecular weight excluding hydrogens is 530 g/mol. The van der Waals surface area contributed by atoms with Crippen LogP contribution >= 0.6 is 0 Å². The fourth-order valence-electron chi connectivity index (χ4n) is 4.10. The summed E-state index contributed by atoms with van der Waals surface area (Å²) in [5, 5.41) is 29.0. The molecule has 3 aromatic rings. The minimum Gasteiger partial charge on any atom is -0.379 e. The number of hydrogen-bond donors (Lipinski definition) is 2. The molecule has 0 bridgehead atoms. The Labute approximate surface area is 223 Å². The molecule has 4 rings (SSSR count). The van der Waals surface area contributed by atoms with E-state index in [1.807, 2.05) is 13.0 Å². The zero-order valence-electron chi connectivity index (χ0n) is 21.0. The van der Waals surface area contributed by atoms with Crippen LogP contribution in [0.15, 0.2) is 59.5 Å². The van der Waals surface area contributed by atoms with Gasteiger partial charge in [-0.15, -0.1) is 0 Å². The first-order valence-corrected chi connectivity index (χ1v) is 13.2. The molecular formula is C25H25N5O8S. The minimum atomic E-state index is -3.74. The molecule has 1 aliphatic heterocycles. The van der Waals surface area contributed by atoms with Crippen LogP contribution in [0.1, 0.15) is 21.5 Å². The smallest absolute Gasteiger partial charge is 0.300 e. The average Bonchev–Trinajstić information content (AvgIpc) is 2.90. The van der Waals surface area contributed by atoms with E-state index >= 15 is 0 Å². The van der Waals surface area contributed by atoms with Crippen LogP contribution in [0.2, 0.25) is 0 Å². The van der Waals surface area contributed by atoms with E-state index in [-0.39, 0.29) is 34.9 Å². The molecule has 3 aromatic carbocycles. The summed E-state index contributed by atoms with van der Waals surface area (Å²) in [5.74, 6) is -0.844. The van der Waals surface area contributed by atoms with Gasteiger partial charge in [-0.2, -0.15) is 4.31 Å². The summed E-state index contributed by atoms with van der Waals surface area (Å²) in [5.41, 5.74) is 0.332. The summed E-state index contributed by atoms with van der Waals surface area (Å²) in [6.07, 6.45) is 0. The first kappa shape index (κ1) is 27.6. The molecule has 2 N–H and O–H groups in total. The lowest BCUT2D eigenvalue weighted by atomic mass is 10.1. The molecule has 1 saturated heterocycles. The van der Waals surface area contributed by atoms with E-state index in [4.69, 9.17) is 4.74 Å². The van der Waals surface area contributed by atoms with Gasteiger partial charge in [0.1, 0.15) is 0 Å². The molecule has 0 saturated carbocycles. The molecule has 14 heteroatoms. The number of nitro groups is 2. The number of benzene rings is 3. The number of amides is 1. The van der Waals surface area contributed by atoms with Crippen LogP contribution < -0.4 is 10.6 Å². The van der Waals surface area contributed by atoms with Gasteiger partial charge in [-0.25, -0.2) is 8.42 Å². The third kappa shape index (κ3) is 6.03. The molecule has 0 atom stereocenters. The Morgan fingerprint density at radius 1 is 0.923 bits per heavy atom. The third-order valence-corrected chi connectivity index (χ3v) is 8.03.